The van der Waals surface area contributed by atoms with Gasteiger partial charge in [0, 0.05) is 10.6 Å². The number of furan rings is 1. The van der Waals surface area contributed by atoms with Gasteiger partial charge in [-0.25, -0.2) is 5.43 Å². The van der Waals surface area contributed by atoms with Crippen LogP contribution in [0.4, 0.5) is 5.88 Å². The fourth-order valence-electron chi connectivity index (χ4n) is 1.36. The number of carbonyl (C=O) groups excluding carboxylic acids is 1. The van der Waals surface area contributed by atoms with Crippen LogP contribution in [-0.2, 0) is 0 Å². The second kappa shape index (κ2) is 5.98. The summed E-state index contributed by atoms with van der Waals surface area (Å²) in [5, 5.41) is 14.5. The summed E-state index contributed by atoms with van der Waals surface area (Å²) in [6.45, 7) is 0. The molecule has 1 aromatic carbocycles. The molecule has 2 rings (SSSR count). The second-order valence-electron chi connectivity index (χ2n) is 3.64. The zero-order chi connectivity index (χ0) is 14.5. The lowest BCUT2D eigenvalue weighted by Crippen LogP contribution is -2.17. The molecule has 2 aromatic rings. The molecule has 1 aromatic heterocycles. The van der Waals surface area contributed by atoms with Crippen molar-refractivity contribution in [2.45, 2.75) is 0 Å². The minimum absolute atomic E-state index is 0.156. The molecule has 1 amide bonds. The van der Waals surface area contributed by atoms with Crippen molar-refractivity contribution in [2.24, 2.45) is 5.10 Å². The molecule has 0 atom stereocenters. The van der Waals surface area contributed by atoms with Crippen molar-refractivity contribution >= 4 is 29.6 Å². The van der Waals surface area contributed by atoms with E-state index < -0.39 is 16.7 Å². The van der Waals surface area contributed by atoms with E-state index in [1.54, 1.807) is 18.2 Å². The van der Waals surface area contributed by atoms with E-state index >= 15 is 0 Å². The highest BCUT2D eigenvalue weighted by Gasteiger charge is 2.10. The maximum absolute atomic E-state index is 11.7. The summed E-state index contributed by atoms with van der Waals surface area (Å²) in [7, 11) is 0. The summed E-state index contributed by atoms with van der Waals surface area (Å²) < 4.78 is 4.83. The topological polar surface area (TPSA) is 97.7 Å². The summed E-state index contributed by atoms with van der Waals surface area (Å²) in [6, 6.07) is 8.91. The van der Waals surface area contributed by atoms with Gasteiger partial charge in [0.2, 0.25) is 0 Å². The normalized spacial score (nSPS) is 10.7. The molecule has 0 fully saturated rings. The van der Waals surface area contributed by atoms with Gasteiger partial charge in [0.1, 0.15) is 4.92 Å². The molecular weight excluding hydrogens is 286 g/mol. The minimum Gasteiger partial charge on any atom is -0.400 e. The quantitative estimate of drug-likeness (QED) is 0.532. The number of benzene rings is 1. The fourth-order valence-corrected chi connectivity index (χ4v) is 1.55. The van der Waals surface area contributed by atoms with E-state index in [1.807, 2.05) is 0 Å². The summed E-state index contributed by atoms with van der Waals surface area (Å²) in [5.41, 5.74) is 2.60. The Morgan fingerprint density at radius 2 is 2.20 bits per heavy atom. The van der Waals surface area contributed by atoms with E-state index in [0.29, 0.717) is 10.6 Å². The molecule has 0 aliphatic rings. The third-order valence-electron chi connectivity index (χ3n) is 2.24. The third kappa shape index (κ3) is 3.42. The summed E-state index contributed by atoms with van der Waals surface area (Å²) in [6.07, 6.45) is 1.16. The first-order valence-electron chi connectivity index (χ1n) is 5.39. The average Bonchev–Trinajstić information content (AvgIpc) is 2.87. The van der Waals surface area contributed by atoms with Gasteiger partial charge in [-0.3, -0.25) is 14.9 Å². The van der Waals surface area contributed by atoms with Gasteiger partial charge in [0.15, 0.2) is 5.76 Å². The molecule has 0 unspecified atom stereocenters. The van der Waals surface area contributed by atoms with Gasteiger partial charge in [-0.1, -0.05) is 17.7 Å². The van der Waals surface area contributed by atoms with Crippen molar-refractivity contribution in [2.75, 3.05) is 0 Å². The number of hydrazone groups is 1. The van der Waals surface area contributed by atoms with Gasteiger partial charge in [-0.05, 0) is 24.3 Å². The largest absolute Gasteiger partial charge is 0.433 e. The number of carbonyl (C=O) groups is 1. The van der Waals surface area contributed by atoms with Crippen LogP contribution in [0.3, 0.4) is 0 Å². The van der Waals surface area contributed by atoms with Crippen molar-refractivity contribution in [1.82, 2.24) is 5.43 Å². The molecule has 102 valence electrons. The van der Waals surface area contributed by atoms with Crippen LogP contribution in [0.1, 0.15) is 16.1 Å². The van der Waals surface area contributed by atoms with Crippen LogP contribution in [0.25, 0.3) is 0 Å². The van der Waals surface area contributed by atoms with Crippen molar-refractivity contribution in [3.63, 3.8) is 0 Å². The van der Waals surface area contributed by atoms with Gasteiger partial charge in [0.25, 0.3) is 5.91 Å². The van der Waals surface area contributed by atoms with E-state index in [9.17, 15) is 14.9 Å². The number of hydrogen-bond acceptors (Lipinski definition) is 5. The van der Waals surface area contributed by atoms with Crippen molar-refractivity contribution in [1.29, 1.82) is 0 Å². The number of amides is 1. The predicted molar refractivity (Wildman–Crippen MR) is 71.9 cm³/mol. The third-order valence-corrected chi connectivity index (χ3v) is 2.47. The van der Waals surface area contributed by atoms with Crippen LogP contribution >= 0.6 is 11.6 Å². The Morgan fingerprint density at radius 1 is 1.40 bits per heavy atom. The Morgan fingerprint density at radius 3 is 2.85 bits per heavy atom. The highest BCUT2D eigenvalue weighted by Crippen LogP contribution is 2.14. The fraction of sp³-hybridized carbons (Fsp3) is 0. The minimum atomic E-state index is -0.665. The zero-order valence-corrected chi connectivity index (χ0v) is 10.7. The first-order chi connectivity index (χ1) is 9.56. The SMILES string of the molecule is O=C(NN=Cc1ccc([N+](=O)[O-])o1)c1cccc(Cl)c1. The standard InChI is InChI=1S/C12H8ClN3O4/c13-9-3-1-2-8(6-9)12(17)15-14-7-10-4-5-11(20-10)16(18)19/h1-7H,(H,15,17). The van der Waals surface area contributed by atoms with Gasteiger partial charge < -0.3 is 4.42 Å². The first kappa shape index (κ1) is 13.8. The van der Waals surface area contributed by atoms with Gasteiger partial charge in [0.05, 0.1) is 12.3 Å². The highest BCUT2D eigenvalue weighted by atomic mass is 35.5. The van der Waals surface area contributed by atoms with Gasteiger partial charge >= 0.3 is 5.88 Å². The second-order valence-corrected chi connectivity index (χ2v) is 4.08. The lowest BCUT2D eigenvalue weighted by Gasteiger charge is -1.99. The molecule has 0 spiro atoms. The van der Waals surface area contributed by atoms with Crippen molar-refractivity contribution < 1.29 is 14.1 Å². The monoisotopic (exact) mass is 293 g/mol. The molecule has 1 N–H and O–H groups in total. The van der Waals surface area contributed by atoms with Crippen LogP contribution in [0, 0.1) is 10.1 Å². The predicted octanol–water partition coefficient (Wildman–Crippen LogP) is 2.61. The number of hydrogen-bond donors (Lipinski definition) is 1. The number of nitrogens with zero attached hydrogens (tertiary/aromatic N) is 2. The number of nitrogens with one attached hydrogen (secondary N) is 1. The van der Waals surface area contributed by atoms with Crippen molar-refractivity contribution in [3.05, 3.63) is 62.9 Å². The van der Waals surface area contributed by atoms with E-state index in [2.05, 4.69) is 10.5 Å². The molecule has 8 heteroatoms. The van der Waals surface area contributed by atoms with Crippen LogP contribution in [0.5, 0.6) is 0 Å². The molecular formula is C12H8ClN3O4. The molecule has 0 aliphatic carbocycles. The molecule has 20 heavy (non-hydrogen) atoms. The van der Waals surface area contributed by atoms with E-state index in [4.69, 9.17) is 16.0 Å². The Hall–Kier alpha value is -2.67. The number of nitro groups is 1. The van der Waals surface area contributed by atoms with Gasteiger partial charge in [-0.2, -0.15) is 5.10 Å². The van der Waals surface area contributed by atoms with Crippen LogP contribution in [0.2, 0.25) is 5.02 Å². The smallest absolute Gasteiger partial charge is 0.400 e. The zero-order valence-electron chi connectivity index (χ0n) is 9.95. The Kier molecular flexibility index (Phi) is 4.11. The molecule has 0 saturated heterocycles. The summed E-state index contributed by atoms with van der Waals surface area (Å²) in [5.74, 6) is -0.694. The maximum atomic E-state index is 11.7. The van der Waals surface area contributed by atoms with Crippen LogP contribution < -0.4 is 5.43 Å². The molecule has 0 bridgehead atoms. The molecule has 0 aliphatic heterocycles. The average molecular weight is 294 g/mol. The molecule has 1 heterocycles. The van der Waals surface area contributed by atoms with Crippen molar-refractivity contribution in [3.8, 4) is 0 Å². The Balaban J connectivity index is 1.99. The van der Waals surface area contributed by atoms with E-state index in [-0.39, 0.29) is 5.76 Å². The molecule has 7 nitrogen and oxygen atoms in total. The summed E-state index contributed by atoms with van der Waals surface area (Å²) in [4.78, 5) is 21.4. The van der Waals surface area contributed by atoms with Gasteiger partial charge in [-0.15, -0.1) is 0 Å². The number of rotatable bonds is 4. The first-order valence-corrected chi connectivity index (χ1v) is 5.77. The Bertz CT molecular complexity index is 681. The molecule has 0 radical (unpaired) electrons. The number of halogens is 1. The van der Waals surface area contributed by atoms with E-state index in [1.165, 1.54) is 18.2 Å². The Labute approximate surface area is 118 Å². The lowest BCUT2D eigenvalue weighted by molar-refractivity contribution is -0.402. The van der Waals surface area contributed by atoms with Crippen LogP contribution in [0.15, 0.2) is 45.9 Å². The summed E-state index contributed by atoms with van der Waals surface area (Å²) >= 11 is 5.75. The molecule has 0 saturated carbocycles. The highest BCUT2D eigenvalue weighted by molar-refractivity contribution is 6.30. The lowest BCUT2D eigenvalue weighted by atomic mass is 10.2. The van der Waals surface area contributed by atoms with E-state index in [0.717, 1.165) is 6.21 Å². The maximum Gasteiger partial charge on any atom is 0.433 e. The van der Waals surface area contributed by atoms with Crippen LogP contribution in [-0.4, -0.2) is 17.0 Å².